The molecule has 0 spiro atoms. The molecule has 4 nitrogen and oxygen atoms in total. The number of hydrogen-bond donors (Lipinski definition) is 1. The van der Waals surface area contributed by atoms with Crippen LogP contribution in [0.3, 0.4) is 0 Å². The summed E-state index contributed by atoms with van der Waals surface area (Å²) in [4.78, 5) is 11.1. The van der Waals surface area contributed by atoms with Crippen molar-refractivity contribution in [1.29, 1.82) is 0 Å². The van der Waals surface area contributed by atoms with Gasteiger partial charge in [0.15, 0.2) is 0 Å². The lowest BCUT2D eigenvalue weighted by Crippen LogP contribution is -2.18. The molecule has 2 aromatic carbocycles. The van der Waals surface area contributed by atoms with Gasteiger partial charge in [0.05, 0.1) is 13.0 Å². The third kappa shape index (κ3) is 3.73. The van der Waals surface area contributed by atoms with Crippen molar-refractivity contribution in [3.63, 3.8) is 0 Å². The summed E-state index contributed by atoms with van der Waals surface area (Å²) in [6.45, 7) is 5.15. The number of carbonyl (C=O) groups is 1. The number of allylic oxidation sites excluding steroid dienone is 2. The summed E-state index contributed by atoms with van der Waals surface area (Å²) < 4.78 is 12.2. The molecule has 1 heterocycles. The van der Waals surface area contributed by atoms with Gasteiger partial charge in [-0.05, 0) is 65.8 Å². The number of aliphatic carboxylic acids is 1. The summed E-state index contributed by atoms with van der Waals surface area (Å²) in [6, 6.07) is 12.5. The van der Waals surface area contributed by atoms with E-state index >= 15 is 0 Å². The van der Waals surface area contributed by atoms with Crippen LogP contribution >= 0.6 is 0 Å². The fraction of sp³-hybridized carbons (Fsp3) is 0.444. The highest BCUT2D eigenvalue weighted by molar-refractivity contribution is 5.74. The van der Waals surface area contributed by atoms with Crippen molar-refractivity contribution >= 4 is 11.5 Å². The lowest BCUT2D eigenvalue weighted by molar-refractivity contribution is -0.137. The maximum absolute atomic E-state index is 11.1. The van der Waals surface area contributed by atoms with E-state index in [2.05, 4.69) is 38.1 Å². The predicted octanol–water partition coefficient (Wildman–Crippen LogP) is 6.30. The van der Waals surface area contributed by atoms with Crippen LogP contribution in [0.25, 0.3) is 5.57 Å². The standard InChI is InChI=1S/C27H30O4/c1-27(2)13-4-3-8-23(27)21-6-5-7-22-20(21)11-12-24(22)31-18-9-10-19-17(14-26(28)29)16-30-25(19)15-18/h5-10,15,17,24H,3-4,11-14,16H2,1-2H3,(H,28,29)/t17?,24-/m1/s1. The van der Waals surface area contributed by atoms with Crippen LogP contribution in [0.4, 0.5) is 0 Å². The number of carboxylic acid groups (broad SMARTS) is 1. The van der Waals surface area contributed by atoms with E-state index in [1.807, 2.05) is 18.2 Å². The number of carboxylic acids is 1. The van der Waals surface area contributed by atoms with Crippen molar-refractivity contribution < 1.29 is 19.4 Å². The van der Waals surface area contributed by atoms with Gasteiger partial charge in [-0.15, -0.1) is 0 Å². The van der Waals surface area contributed by atoms with Crippen LogP contribution in [0.2, 0.25) is 0 Å². The van der Waals surface area contributed by atoms with Gasteiger partial charge in [-0.25, -0.2) is 0 Å². The van der Waals surface area contributed by atoms with E-state index in [0.717, 1.165) is 29.9 Å². The second-order valence-corrected chi connectivity index (χ2v) is 9.72. The second-order valence-electron chi connectivity index (χ2n) is 9.72. The van der Waals surface area contributed by atoms with E-state index < -0.39 is 5.97 Å². The van der Waals surface area contributed by atoms with Crippen LogP contribution in [-0.2, 0) is 11.2 Å². The molecule has 0 fully saturated rings. The summed E-state index contributed by atoms with van der Waals surface area (Å²) in [7, 11) is 0. The van der Waals surface area contributed by atoms with E-state index in [1.165, 1.54) is 41.5 Å². The van der Waals surface area contributed by atoms with E-state index in [0.29, 0.717) is 6.61 Å². The first-order chi connectivity index (χ1) is 14.9. The first-order valence-corrected chi connectivity index (χ1v) is 11.4. The first-order valence-electron chi connectivity index (χ1n) is 11.4. The molecule has 1 unspecified atom stereocenters. The fourth-order valence-electron chi connectivity index (χ4n) is 5.54. The molecule has 0 saturated carbocycles. The minimum Gasteiger partial charge on any atom is -0.492 e. The van der Waals surface area contributed by atoms with E-state index in [1.54, 1.807) is 0 Å². The normalized spacial score (nSPS) is 23.5. The molecule has 0 bridgehead atoms. The monoisotopic (exact) mass is 418 g/mol. The van der Waals surface area contributed by atoms with E-state index in [-0.39, 0.29) is 23.9 Å². The van der Waals surface area contributed by atoms with Gasteiger partial charge in [0.2, 0.25) is 0 Å². The second kappa shape index (κ2) is 7.74. The topological polar surface area (TPSA) is 55.8 Å². The Balaban J connectivity index is 1.39. The van der Waals surface area contributed by atoms with Gasteiger partial charge >= 0.3 is 5.97 Å². The average molecular weight is 419 g/mol. The zero-order valence-corrected chi connectivity index (χ0v) is 18.3. The zero-order chi connectivity index (χ0) is 21.6. The fourth-order valence-corrected chi connectivity index (χ4v) is 5.54. The number of fused-ring (bicyclic) bond motifs is 2. The van der Waals surface area contributed by atoms with Crippen molar-refractivity contribution in [2.24, 2.45) is 5.41 Å². The third-order valence-corrected chi connectivity index (χ3v) is 7.15. The van der Waals surface area contributed by atoms with Crippen LogP contribution < -0.4 is 9.47 Å². The summed E-state index contributed by atoms with van der Waals surface area (Å²) in [5, 5.41) is 9.10. The molecular weight excluding hydrogens is 388 g/mol. The Labute approximate surface area is 183 Å². The van der Waals surface area contributed by atoms with Gasteiger partial charge in [-0.1, -0.05) is 44.2 Å². The molecule has 2 aliphatic carbocycles. The van der Waals surface area contributed by atoms with E-state index in [4.69, 9.17) is 14.6 Å². The molecule has 162 valence electrons. The summed E-state index contributed by atoms with van der Waals surface area (Å²) in [5.74, 6) is 0.667. The molecular formula is C27H30O4. The number of ether oxygens (including phenoxy) is 2. The van der Waals surface area contributed by atoms with Gasteiger partial charge in [-0.3, -0.25) is 4.79 Å². The zero-order valence-electron chi connectivity index (χ0n) is 18.3. The maximum atomic E-state index is 11.1. The molecule has 5 rings (SSSR count). The lowest BCUT2D eigenvalue weighted by Gasteiger charge is -2.33. The van der Waals surface area contributed by atoms with E-state index in [9.17, 15) is 4.79 Å². The molecule has 31 heavy (non-hydrogen) atoms. The summed E-state index contributed by atoms with van der Waals surface area (Å²) in [5.41, 5.74) is 6.82. The van der Waals surface area contributed by atoms with Crippen molar-refractivity contribution in [3.05, 3.63) is 64.7 Å². The average Bonchev–Trinajstić information content (AvgIpc) is 3.32. The molecule has 0 saturated heterocycles. The third-order valence-electron chi connectivity index (χ3n) is 7.15. The summed E-state index contributed by atoms with van der Waals surface area (Å²) in [6.07, 6.45) is 8.25. The molecule has 0 amide bonds. The van der Waals surface area contributed by atoms with Gasteiger partial charge in [-0.2, -0.15) is 0 Å². The number of hydrogen-bond acceptors (Lipinski definition) is 3. The minimum atomic E-state index is -0.795. The molecule has 0 radical (unpaired) electrons. The Morgan fingerprint density at radius 3 is 2.90 bits per heavy atom. The SMILES string of the molecule is CC1(C)CCCC=C1c1cccc2c1CC[C@H]2Oc1ccc2c(c1)OCC2CC(=O)O. The van der Waals surface area contributed by atoms with Crippen molar-refractivity contribution in [2.75, 3.05) is 6.61 Å². The predicted molar refractivity (Wildman–Crippen MR) is 121 cm³/mol. The molecule has 2 aromatic rings. The van der Waals surface area contributed by atoms with Crippen molar-refractivity contribution in [2.45, 2.75) is 64.4 Å². The van der Waals surface area contributed by atoms with Crippen LogP contribution in [-0.4, -0.2) is 17.7 Å². The quantitative estimate of drug-likeness (QED) is 0.619. The van der Waals surface area contributed by atoms with Crippen molar-refractivity contribution in [1.82, 2.24) is 0 Å². The van der Waals surface area contributed by atoms with Crippen molar-refractivity contribution in [3.8, 4) is 11.5 Å². The largest absolute Gasteiger partial charge is 0.492 e. The highest BCUT2D eigenvalue weighted by atomic mass is 16.5. The van der Waals surface area contributed by atoms with Crippen LogP contribution in [0.15, 0.2) is 42.5 Å². The minimum absolute atomic E-state index is 0.0384. The molecule has 1 N–H and O–H groups in total. The molecule has 3 aliphatic rings. The molecule has 0 aromatic heterocycles. The molecule has 2 atom stereocenters. The number of rotatable bonds is 5. The smallest absolute Gasteiger partial charge is 0.304 e. The van der Waals surface area contributed by atoms with Gasteiger partial charge < -0.3 is 14.6 Å². The lowest BCUT2D eigenvalue weighted by atomic mass is 9.72. The van der Waals surface area contributed by atoms with Gasteiger partial charge in [0.25, 0.3) is 0 Å². The summed E-state index contributed by atoms with van der Waals surface area (Å²) >= 11 is 0. The maximum Gasteiger partial charge on any atom is 0.304 e. The van der Waals surface area contributed by atoms with Gasteiger partial charge in [0.1, 0.15) is 17.6 Å². The Kier molecular flexibility index (Phi) is 5.04. The molecule has 4 heteroatoms. The molecule has 1 aliphatic heterocycles. The number of benzene rings is 2. The van der Waals surface area contributed by atoms with Crippen LogP contribution in [0.1, 0.15) is 80.2 Å². The Morgan fingerprint density at radius 1 is 1.23 bits per heavy atom. The van der Waals surface area contributed by atoms with Crippen LogP contribution in [0, 0.1) is 5.41 Å². The highest BCUT2D eigenvalue weighted by Crippen LogP contribution is 2.47. The highest BCUT2D eigenvalue weighted by Gasteiger charge is 2.33. The Hall–Kier alpha value is -2.75. The van der Waals surface area contributed by atoms with Gasteiger partial charge in [0, 0.05) is 17.5 Å². The van der Waals surface area contributed by atoms with Crippen LogP contribution in [0.5, 0.6) is 11.5 Å². The Bertz CT molecular complexity index is 1050. The Morgan fingerprint density at radius 2 is 2.10 bits per heavy atom. The first kappa shape index (κ1) is 20.2.